The number of nitrogens with two attached hydrogens (primary N) is 1. The Balaban J connectivity index is 0.00000225. The first-order valence-electron chi connectivity index (χ1n) is 6.13. The molecule has 0 aliphatic heterocycles. The van der Waals surface area contributed by atoms with Gasteiger partial charge in [0.1, 0.15) is 0 Å². The molecule has 1 aliphatic rings. The van der Waals surface area contributed by atoms with Crippen LogP contribution in [0, 0.1) is 5.92 Å². The highest BCUT2D eigenvalue weighted by molar-refractivity contribution is 5.85. The number of carbonyl (C=O) groups excluding carboxylic acids is 1. The lowest BCUT2D eigenvalue weighted by atomic mass is 9.98. The number of rotatable bonds is 6. The van der Waals surface area contributed by atoms with Gasteiger partial charge >= 0.3 is 0 Å². The molecule has 2 unspecified atom stereocenters. The SMILES string of the molecule is CCC(C)C(C)N(C(=O)CCN)C1CC1.Cl. The van der Waals surface area contributed by atoms with Crippen molar-refractivity contribution in [1.29, 1.82) is 0 Å². The monoisotopic (exact) mass is 248 g/mol. The molecule has 1 aliphatic carbocycles. The number of amides is 1. The second kappa shape index (κ2) is 7.13. The molecule has 0 aromatic carbocycles. The van der Waals surface area contributed by atoms with Gasteiger partial charge in [-0.2, -0.15) is 0 Å². The van der Waals surface area contributed by atoms with E-state index in [9.17, 15) is 4.79 Å². The minimum absolute atomic E-state index is 0. The van der Waals surface area contributed by atoms with Crippen LogP contribution in [0.25, 0.3) is 0 Å². The summed E-state index contributed by atoms with van der Waals surface area (Å²) < 4.78 is 0. The molecule has 0 saturated heterocycles. The Morgan fingerprint density at radius 2 is 2.00 bits per heavy atom. The molecular formula is C12H25ClN2O. The topological polar surface area (TPSA) is 46.3 Å². The molecule has 0 heterocycles. The zero-order chi connectivity index (χ0) is 11.4. The van der Waals surface area contributed by atoms with Crippen LogP contribution in [0.2, 0.25) is 0 Å². The third kappa shape index (κ3) is 3.95. The van der Waals surface area contributed by atoms with Gasteiger partial charge in [-0.1, -0.05) is 20.3 Å². The summed E-state index contributed by atoms with van der Waals surface area (Å²) in [5.41, 5.74) is 5.45. The molecule has 1 saturated carbocycles. The Morgan fingerprint density at radius 1 is 1.44 bits per heavy atom. The number of hydrogen-bond donors (Lipinski definition) is 1. The van der Waals surface area contributed by atoms with Gasteiger partial charge in [-0.3, -0.25) is 4.79 Å². The molecule has 1 fully saturated rings. The van der Waals surface area contributed by atoms with Gasteiger partial charge in [0.15, 0.2) is 0 Å². The van der Waals surface area contributed by atoms with Crippen molar-refractivity contribution < 1.29 is 4.79 Å². The number of hydrogen-bond acceptors (Lipinski definition) is 2. The first-order valence-corrected chi connectivity index (χ1v) is 6.13. The molecule has 2 N–H and O–H groups in total. The van der Waals surface area contributed by atoms with Gasteiger partial charge in [0.05, 0.1) is 0 Å². The van der Waals surface area contributed by atoms with Crippen LogP contribution in [0.1, 0.15) is 46.5 Å². The Bertz CT molecular complexity index is 219. The minimum atomic E-state index is 0. The van der Waals surface area contributed by atoms with E-state index in [0.29, 0.717) is 31.0 Å². The summed E-state index contributed by atoms with van der Waals surface area (Å²) in [6.07, 6.45) is 3.98. The third-order valence-corrected chi connectivity index (χ3v) is 3.49. The van der Waals surface area contributed by atoms with E-state index in [1.54, 1.807) is 0 Å². The zero-order valence-electron chi connectivity index (χ0n) is 10.6. The largest absolute Gasteiger partial charge is 0.337 e. The highest BCUT2D eigenvalue weighted by Gasteiger charge is 2.36. The Morgan fingerprint density at radius 3 is 2.38 bits per heavy atom. The predicted octanol–water partition coefficient (Wildman–Crippen LogP) is 2.18. The van der Waals surface area contributed by atoms with Crippen molar-refractivity contribution in [2.45, 2.75) is 58.5 Å². The Hall–Kier alpha value is -0.280. The maximum atomic E-state index is 11.9. The Kier molecular flexibility index (Phi) is 7.00. The van der Waals surface area contributed by atoms with Crippen LogP contribution >= 0.6 is 12.4 Å². The van der Waals surface area contributed by atoms with E-state index in [1.807, 2.05) is 0 Å². The summed E-state index contributed by atoms with van der Waals surface area (Å²) in [5.74, 6) is 0.820. The highest BCUT2D eigenvalue weighted by Crippen LogP contribution is 2.31. The average molecular weight is 249 g/mol. The van der Waals surface area contributed by atoms with Gasteiger partial charge in [0.25, 0.3) is 0 Å². The fourth-order valence-corrected chi connectivity index (χ4v) is 1.98. The van der Waals surface area contributed by atoms with Crippen molar-refractivity contribution >= 4 is 18.3 Å². The molecule has 1 amide bonds. The fraction of sp³-hybridized carbons (Fsp3) is 0.917. The molecule has 0 aromatic heterocycles. The van der Waals surface area contributed by atoms with E-state index < -0.39 is 0 Å². The maximum absolute atomic E-state index is 11.9. The summed E-state index contributed by atoms with van der Waals surface area (Å²) in [5, 5.41) is 0. The van der Waals surface area contributed by atoms with Crippen molar-refractivity contribution in [2.24, 2.45) is 11.7 Å². The van der Waals surface area contributed by atoms with Crippen molar-refractivity contribution in [2.75, 3.05) is 6.54 Å². The molecule has 0 aromatic rings. The normalized spacial score (nSPS) is 18.5. The van der Waals surface area contributed by atoms with Gasteiger partial charge < -0.3 is 10.6 Å². The number of carbonyl (C=O) groups is 1. The van der Waals surface area contributed by atoms with Crippen molar-refractivity contribution in [1.82, 2.24) is 4.90 Å². The molecule has 3 nitrogen and oxygen atoms in total. The smallest absolute Gasteiger partial charge is 0.224 e. The maximum Gasteiger partial charge on any atom is 0.224 e. The van der Waals surface area contributed by atoms with Crippen LogP contribution in [0.4, 0.5) is 0 Å². The number of halogens is 1. The van der Waals surface area contributed by atoms with Gasteiger partial charge in [-0.05, 0) is 25.7 Å². The number of nitrogens with zero attached hydrogens (tertiary/aromatic N) is 1. The van der Waals surface area contributed by atoms with Crippen LogP contribution in [0.3, 0.4) is 0 Å². The molecule has 0 bridgehead atoms. The lowest BCUT2D eigenvalue weighted by Gasteiger charge is -2.33. The fourth-order valence-electron chi connectivity index (χ4n) is 1.98. The Labute approximate surface area is 105 Å². The molecule has 2 atom stereocenters. The second-order valence-electron chi connectivity index (χ2n) is 4.70. The van der Waals surface area contributed by atoms with E-state index in [-0.39, 0.29) is 18.3 Å². The zero-order valence-corrected chi connectivity index (χ0v) is 11.4. The van der Waals surface area contributed by atoms with Gasteiger partial charge in [-0.15, -0.1) is 12.4 Å². The summed E-state index contributed by atoms with van der Waals surface area (Å²) >= 11 is 0. The summed E-state index contributed by atoms with van der Waals surface area (Å²) in [6.45, 7) is 7.03. The summed E-state index contributed by atoms with van der Waals surface area (Å²) in [7, 11) is 0. The average Bonchev–Trinajstić information content (AvgIpc) is 3.01. The van der Waals surface area contributed by atoms with E-state index in [4.69, 9.17) is 5.73 Å². The summed E-state index contributed by atoms with van der Waals surface area (Å²) in [6, 6.07) is 0.870. The lowest BCUT2D eigenvalue weighted by Crippen LogP contribution is -2.44. The van der Waals surface area contributed by atoms with Crippen LogP contribution < -0.4 is 5.73 Å². The first-order chi connectivity index (χ1) is 7.11. The molecule has 96 valence electrons. The van der Waals surface area contributed by atoms with Gasteiger partial charge in [0, 0.05) is 25.0 Å². The molecule has 16 heavy (non-hydrogen) atoms. The first kappa shape index (κ1) is 15.7. The third-order valence-electron chi connectivity index (χ3n) is 3.49. The van der Waals surface area contributed by atoms with E-state index in [1.165, 1.54) is 12.8 Å². The van der Waals surface area contributed by atoms with Crippen molar-refractivity contribution in [3.63, 3.8) is 0 Å². The van der Waals surface area contributed by atoms with Crippen LogP contribution in [0.5, 0.6) is 0 Å². The highest BCUT2D eigenvalue weighted by atomic mass is 35.5. The van der Waals surface area contributed by atoms with E-state index in [0.717, 1.165) is 6.42 Å². The molecule has 1 rings (SSSR count). The van der Waals surface area contributed by atoms with E-state index in [2.05, 4.69) is 25.7 Å². The minimum Gasteiger partial charge on any atom is -0.337 e. The van der Waals surface area contributed by atoms with Crippen molar-refractivity contribution in [3.8, 4) is 0 Å². The quantitative estimate of drug-likeness (QED) is 0.783. The van der Waals surface area contributed by atoms with Crippen molar-refractivity contribution in [3.05, 3.63) is 0 Å². The summed E-state index contributed by atoms with van der Waals surface area (Å²) in [4.78, 5) is 14.0. The lowest BCUT2D eigenvalue weighted by molar-refractivity contribution is -0.134. The molecule has 0 spiro atoms. The molecular weight excluding hydrogens is 224 g/mol. The van der Waals surface area contributed by atoms with Crippen LogP contribution in [-0.2, 0) is 4.79 Å². The van der Waals surface area contributed by atoms with Gasteiger partial charge in [0.2, 0.25) is 5.91 Å². The predicted molar refractivity (Wildman–Crippen MR) is 69.7 cm³/mol. The van der Waals surface area contributed by atoms with Crippen LogP contribution in [0.15, 0.2) is 0 Å². The van der Waals surface area contributed by atoms with E-state index >= 15 is 0 Å². The van der Waals surface area contributed by atoms with Gasteiger partial charge in [-0.25, -0.2) is 0 Å². The van der Waals surface area contributed by atoms with Crippen LogP contribution in [-0.4, -0.2) is 29.4 Å². The second-order valence-corrected chi connectivity index (χ2v) is 4.70. The standard InChI is InChI=1S/C12H24N2O.ClH/c1-4-9(2)10(3)14(11-5-6-11)12(15)7-8-13;/h9-11H,4-8,13H2,1-3H3;1H. The molecule has 4 heteroatoms. The molecule has 0 radical (unpaired) electrons.